The van der Waals surface area contributed by atoms with Crippen LogP contribution >= 0.6 is 0 Å². The summed E-state index contributed by atoms with van der Waals surface area (Å²) in [5.74, 6) is 0. The van der Waals surface area contributed by atoms with Gasteiger partial charge in [-0.25, -0.2) is 0 Å². The van der Waals surface area contributed by atoms with Crippen LogP contribution in [-0.2, 0) is 4.74 Å². The molecule has 0 heterocycles. The van der Waals surface area contributed by atoms with Crippen LogP contribution in [0.25, 0.3) is 6.08 Å². The van der Waals surface area contributed by atoms with Crippen molar-refractivity contribution in [3.05, 3.63) is 42.0 Å². The first-order chi connectivity index (χ1) is 9.45. The summed E-state index contributed by atoms with van der Waals surface area (Å²) in [7, 11) is 0. The second-order valence-electron chi connectivity index (χ2n) is 5.18. The summed E-state index contributed by atoms with van der Waals surface area (Å²) in [5.41, 5.74) is 1.23. The number of hydrogen-bond donors (Lipinski definition) is 1. The van der Waals surface area contributed by atoms with E-state index in [-0.39, 0.29) is 0 Å². The minimum atomic E-state index is 0.717. The largest absolute Gasteiger partial charge is 0.377 e. The van der Waals surface area contributed by atoms with Crippen molar-refractivity contribution in [1.29, 1.82) is 0 Å². The van der Waals surface area contributed by atoms with Gasteiger partial charge in [-0.2, -0.15) is 0 Å². The maximum atomic E-state index is 5.59. The minimum absolute atomic E-state index is 0.717. The number of unbranched alkanes of at least 4 members (excludes halogenated alkanes) is 2. The normalized spacial score (nSPS) is 15.2. The Kier molecular flexibility index (Phi) is 6.69. The Morgan fingerprint density at radius 1 is 1.11 bits per heavy atom. The zero-order chi connectivity index (χ0) is 13.2. The van der Waals surface area contributed by atoms with Crippen LogP contribution in [0.5, 0.6) is 0 Å². The lowest BCUT2D eigenvalue weighted by atomic mass is 10.2. The maximum Gasteiger partial charge on any atom is 0.0650 e. The van der Waals surface area contributed by atoms with Gasteiger partial charge in [-0.1, -0.05) is 42.5 Å². The Morgan fingerprint density at radius 3 is 2.74 bits per heavy atom. The molecule has 1 aromatic carbocycles. The predicted molar refractivity (Wildman–Crippen MR) is 81.2 cm³/mol. The first-order valence-electron chi connectivity index (χ1n) is 7.48. The van der Waals surface area contributed by atoms with Crippen molar-refractivity contribution in [2.45, 2.75) is 38.1 Å². The molecule has 2 rings (SSSR count). The van der Waals surface area contributed by atoms with Gasteiger partial charge in [0.05, 0.1) is 6.61 Å². The summed E-state index contributed by atoms with van der Waals surface area (Å²) in [6, 6.07) is 11.2. The fourth-order valence-corrected chi connectivity index (χ4v) is 2.00. The molecule has 0 unspecified atom stereocenters. The predicted octanol–water partition coefficient (Wildman–Crippen LogP) is 3.64. The van der Waals surface area contributed by atoms with Gasteiger partial charge in [0.25, 0.3) is 0 Å². The second-order valence-corrected chi connectivity index (χ2v) is 5.18. The number of ether oxygens (including phenoxy) is 1. The summed E-state index contributed by atoms with van der Waals surface area (Å²) >= 11 is 0. The fraction of sp³-hybridized carbons (Fsp3) is 0.529. The summed E-state index contributed by atoms with van der Waals surface area (Å²) in [5, 5.41) is 3.53. The molecule has 1 aliphatic carbocycles. The van der Waals surface area contributed by atoms with Gasteiger partial charge in [0, 0.05) is 12.6 Å². The molecule has 0 saturated heterocycles. The van der Waals surface area contributed by atoms with E-state index in [0.29, 0.717) is 0 Å². The van der Waals surface area contributed by atoms with Gasteiger partial charge >= 0.3 is 0 Å². The zero-order valence-electron chi connectivity index (χ0n) is 11.7. The van der Waals surface area contributed by atoms with E-state index in [1.54, 1.807) is 0 Å². The van der Waals surface area contributed by atoms with Crippen LogP contribution in [0.1, 0.15) is 37.7 Å². The van der Waals surface area contributed by atoms with Crippen LogP contribution < -0.4 is 5.32 Å². The molecule has 0 bridgehead atoms. The highest BCUT2D eigenvalue weighted by atomic mass is 16.5. The Labute approximate surface area is 116 Å². The quantitative estimate of drug-likeness (QED) is 0.648. The molecule has 1 aliphatic rings. The van der Waals surface area contributed by atoms with E-state index in [1.807, 2.05) is 6.07 Å². The first-order valence-corrected chi connectivity index (χ1v) is 7.48. The molecule has 1 fully saturated rings. The average Bonchev–Trinajstić information content (AvgIpc) is 3.26. The van der Waals surface area contributed by atoms with Crippen LogP contribution in [0.4, 0.5) is 0 Å². The Balaban J connectivity index is 1.38. The van der Waals surface area contributed by atoms with E-state index in [4.69, 9.17) is 4.74 Å². The second kappa shape index (κ2) is 8.89. The molecule has 0 atom stereocenters. The molecular formula is C17H25NO. The third-order valence-corrected chi connectivity index (χ3v) is 3.30. The molecule has 0 aromatic heterocycles. The summed E-state index contributed by atoms with van der Waals surface area (Å²) in [6.45, 7) is 2.77. The molecule has 0 aliphatic heterocycles. The zero-order valence-corrected chi connectivity index (χ0v) is 11.7. The van der Waals surface area contributed by atoms with Crippen molar-refractivity contribution in [1.82, 2.24) is 5.32 Å². The van der Waals surface area contributed by atoms with Gasteiger partial charge in [0.15, 0.2) is 0 Å². The smallest absolute Gasteiger partial charge is 0.0650 e. The van der Waals surface area contributed by atoms with Crippen molar-refractivity contribution in [3.63, 3.8) is 0 Å². The molecule has 1 N–H and O–H groups in total. The fourth-order valence-electron chi connectivity index (χ4n) is 2.00. The van der Waals surface area contributed by atoms with E-state index < -0.39 is 0 Å². The van der Waals surface area contributed by atoms with E-state index in [2.05, 4.69) is 41.7 Å². The van der Waals surface area contributed by atoms with E-state index in [0.717, 1.165) is 19.3 Å². The van der Waals surface area contributed by atoms with E-state index in [9.17, 15) is 0 Å². The molecule has 0 radical (unpaired) electrons. The van der Waals surface area contributed by atoms with Crippen LogP contribution in [-0.4, -0.2) is 25.8 Å². The Bertz CT molecular complexity index is 357. The summed E-state index contributed by atoms with van der Waals surface area (Å²) in [6.07, 6.45) is 10.7. The van der Waals surface area contributed by atoms with Crippen molar-refractivity contribution >= 4 is 6.08 Å². The standard InChI is InChI=1S/C17H25NO/c1-3-8-16(9-4-1)10-7-15-19-14-6-2-5-13-18-17-11-12-17/h1,3-4,7-10,17-18H,2,5-6,11-15H2. The molecular weight excluding hydrogens is 234 g/mol. The highest BCUT2D eigenvalue weighted by Gasteiger charge is 2.19. The average molecular weight is 259 g/mol. The monoisotopic (exact) mass is 259 g/mol. The van der Waals surface area contributed by atoms with E-state index in [1.165, 1.54) is 44.2 Å². The van der Waals surface area contributed by atoms with Crippen LogP contribution in [0.2, 0.25) is 0 Å². The Hall–Kier alpha value is -1.12. The molecule has 2 nitrogen and oxygen atoms in total. The molecule has 19 heavy (non-hydrogen) atoms. The van der Waals surface area contributed by atoms with Crippen molar-refractivity contribution in [2.75, 3.05) is 19.8 Å². The van der Waals surface area contributed by atoms with Gasteiger partial charge < -0.3 is 10.1 Å². The maximum absolute atomic E-state index is 5.59. The molecule has 0 amide bonds. The highest BCUT2D eigenvalue weighted by Crippen LogP contribution is 2.18. The van der Waals surface area contributed by atoms with Gasteiger partial charge in [-0.15, -0.1) is 0 Å². The third-order valence-electron chi connectivity index (χ3n) is 3.30. The summed E-state index contributed by atoms with van der Waals surface area (Å²) < 4.78 is 5.59. The van der Waals surface area contributed by atoms with Crippen molar-refractivity contribution in [3.8, 4) is 0 Å². The summed E-state index contributed by atoms with van der Waals surface area (Å²) in [4.78, 5) is 0. The first kappa shape index (κ1) is 14.3. The lowest BCUT2D eigenvalue weighted by Crippen LogP contribution is -2.17. The minimum Gasteiger partial charge on any atom is -0.377 e. The van der Waals surface area contributed by atoms with Gasteiger partial charge in [0.2, 0.25) is 0 Å². The van der Waals surface area contributed by atoms with Crippen LogP contribution in [0, 0.1) is 0 Å². The molecule has 0 spiro atoms. The topological polar surface area (TPSA) is 21.3 Å². The van der Waals surface area contributed by atoms with Gasteiger partial charge in [-0.3, -0.25) is 0 Å². The highest BCUT2D eigenvalue weighted by molar-refractivity contribution is 5.48. The lowest BCUT2D eigenvalue weighted by molar-refractivity contribution is 0.157. The van der Waals surface area contributed by atoms with E-state index >= 15 is 0 Å². The number of benzene rings is 1. The van der Waals surface area contributed by atoms with Crippen LogP contribution in [0.3, 0.4) is 0 Å². The number of rotatable bonds is 10. The van der Waals surface area contributed by atoms with Gasteiger partial charge in [0.1, 0.15) is 0 Å². The van der Waals surface area contributed by atoms with Crippen molar-refractivity contribution < 1.29 is 4.74 Å². The SMILES string of the molecule is C(=Cc1ccccc1)COCCCCCNC1CC1. The number of nitrogens with one attached hydrogen (secondary N) is 1. The number of hydrogen-bond acceptors (Lipinski definition) is 2. The molecule has 1 aromatic rings. The molecule has 104 valence electrons. The van der Waals surface area contributed by atoms with Gasteiger partial charge in [-0.05, 0) is 44.2 Å². The van der Waals surface area contributed by atoms with Crippen LogP contribution in [0.15, 0.2) is 36.4 Å². The Morgan fingerprint density at radius 2 is 1.95 bits per heavy atom. The molecule has 1 saturated carbocycles. The lowest BCUT2D eigenvalue weighted by Gasteiger charge is -2.03. The third kappa shape index (κ3) is 7.14. The van der Waals surface area contributed by atoms with Crippen molar-refractivity contribution in [2.24, 2.45) is 0 Å². The molecule has 2 heteroatoms.